The number of benzene rings is 1. The first-order chi connectivity index (χ1) is 16.0. The molecule has 10 nitrogen and oxygen atoms in total. The SMILES string of the molecule is [CH2-]CNc1ncnc2[nH]c(O)c(C=Nc3ccc(Cl)c(OCCCN(C)[C@@H]([C-]=O)CO)c3)c12.[Mn+2]. The monoisotopic (exact) mass is 527 g/mol. The first-order valence-corrected chi connectivity index (χ1v) is 10.6. The van der Waals surface area contributed by atoms with Gasteiger partial charge in [0.05, 0.1) is 28.3 Å². The number of aromatic hydroxyl groups is 1. The van der Waals surface area contributed by atoms with Crippen LogP contribution in [-0.4, -0.2) is 82.0 Å². The van der Waals surface area contributed by atoms with Crippen LogP contribution in [0.4, 0.5) is 11.5 Å². The molecule has 0 saturated carbocycles. The molecular weight excluding hydrogens is 503 g/mol. The second-order valence-corrected chi connectivity index (χ2v) is 7.54. The number of aliphatic hydroxyl groups excluding tert-OH is 1. The van der Waals surface area contributed by atoms with Crippen molar-refractivity contribution in [2.24, 2.45) is 4.99 Å². The summed E-state index contributed by atoms with van der Waals surface area (Å²) in [4.78, 5) is 28.1. The fourth-order valence-corrected chi connectivity index (χ4v) is 3.32. The Labute approximate surface area is 212 Å². The number of aromatic nitrogens is 3. The van der Waals surface area contributed by atoms with Gasteiger partial charge in [0.25, 0.3) is 0 Å². The summed E-state index contributed by atoms with van der Waals surface area (Å²) in [5, 5.41) is 23.5. The van der Waals surface area contributed by atoms with Crippen LogP contribution >= 0.6 is 11.6 Å². The zero-order chi connectivity index (χ0) is 23.8. The largest absolute Gasteiger partial charge is 2.00 e. The molecule has 0 aliphatic heterocycles. The fourth-order valence-electron chi connectivity index (χ4n) is 3.15. The number of halogens is 1. The second-order valence-electron chi connectivity index (χ2n) is 7.13. The zero-order valence-electron chi connectivity index (χ0n) is 18.5. The van der Waals surface area contributed by atoms with Gasteiger partial charge in [-0.05, 0) is 32.1 Å². The molecule has 34 heavy (non-hydrogen) atoms. The Bertz CT molecular complexity index is 1130. The number of rotatable bonds is 12. The number of nitrogens with zero attached hydrogens (tertiary/aromatic N) is 4. The average Bonchev–Trinajstić information content (AvgIpc) is 3.13. The number of hydrogen-bond acceptors (Lipinski definition) is 9. The maximum atomic E-state index is 10.8. The summed E-state index contributed by atoms with van der Waals surface area (Å²) in [7, 11) is 1.73. The van der Waals surface area contributed by atoms with Crippen molar-refractivity contribution in [2.75, 3.05) is 38.7 Å². The van der Waals surface area contributed by atoms with Crippen LogP contribution in [-0.2, 0) is 21.9 Å². The average molecular weight is 528 g/mol. The first-order valence-electron chi connectivity index (χ1n) is 10.2. The molecule has 0 aliphatic carbocycles. The van der Waals surface area contributed by atoms with E-state index in [-0.39, 0.29) is 29.6 Å². The number of anilines is 1. The molecule has 0 unspecified atom stereocenters. The van der Waals surface area contributed by atoms with Gasteiger partial charge in [-0.25, -0.2) is 16.3 Å². The van der Waals surface area contributed by atoms with E-state index in [1.165, 1.54) is 12.5 Å². The van der Waals surface area contributed by atoms with Crippen molar-refractivity contribution in [2.45, 2.75) is 12.5 Å². The van der Waals surface area contributed by atoms with E-state index in [4.69, 9.17) is 21.4 Å². The maximum absolute atomic E-state index is 10.8. The van der Waals surface area contributed by atoms with Gasteiger partial charge in [-0.15, -0.1) is 6.54 Å². The molecule has 0 saturated heterocycles. The Hall–Kier alpha value is -2.69. The Morgan fingerprint density at radius 2 is 2.24 bits per heavy atom. The minimum absolute atomic E-state index is 0. The van der Waals surface area contributed by atoms with Gasteiger partial charge < -0.3 is 41.9 Å². The normalized spacial score (nSPS) is 12.1. The fraction of sp³-hybridized carbons (Fsp3) is 0.318. The quantitative estimate of drug-likeness (QED) is 0.122. The van der Waals surface area contributed by atoms with Crippen LogP contribution in [0.25, 0.3) is 11.0 Å². The molecule has 0 aliphatic rings. The number of ether oxygens (including phenoxy) is 1. The minimum atomic E-state index is -0.651. The van der Waals surface area contributed by atoms with Gasteiger partial charge in [-0.2, -0.15) is 0 Å². The molecule has 12 heteroatoms. The van der Waals surface area contributed by atoms with Crippen molar-refractivity contribution >= 4 is 46.6 Å². The third-order valence-corrected chi connectivity index (χ3v) is 5.22. The maximum Gasteiger partial charge on any atom is 2.00 e. The molecule has 1 radical (unpaired) electrons. The first kappa shape index (κ1) is 27.6. The molecule has 0 amide bonds. The van der Waals surface area contributed by atoms with E-state index in [1.54, 1.807) is 36.4 Å². The number of hydrogen-bond donors (Lipinski definition) is 4. The number of aromatic amines is 1. The molecule has 0 spiro atoms. The summed E-state index contributed by atoms with van der Waals surface area (Å²) < 4.78 is 5.77. The Morgan fingerprint density at radius 3 is 2.94 bits per heavy atom. The van der Waals surface area contributed by atoms with E-state index in [1.807, 2.05) is 0 Å². The van der Waals surface area contributed by atoms with Crippen molar-refractivity contribution in [3.63, 3.8) is 0 Å². The van der Waals surface area contributed by atoms with Gasteiger partial charge in [-0.3, -0.25) is 4.99 Å². The van der Waals surface area contributed by atoms with Crippen LogP contribution in [0.1, 0.15) is 12.0 Å². The number of nitrogens with one attached hydrogen (secondary N) is 2. The van der Waals surface area contributed by atoms with Crippen molar-refractivity contribution in [1.29, 1.82) is 0 Å². The molecule has 0 fully saturated rings. The van der Waals surface area contributed by atoms with Crippen LogP contribution in [0.3, 0.4) is 0 Å². The smallest absolute Gasteiger partial charge is 0.540 e. The van der Waals surface area contributed by atoms with Crippen molar-refractivity contribution in [3.05, 3.63) is 42.0 Å². The molecule has 2 aromatic heterocycles. The van der Waals surface area contributed by atoms with Crippen LogP contribution in [0, 0.1) is 6.92 Å². The zero-order valence-corrected chi connectivity index (χ0v) is 20.4. The third-order valence-electron chi connectivity index (χ3n) is 4.91. The molecule has 2 heterocycles. The van der Waals surface area contributed by atoms with Gasteiger partial charge in [-0.1, -0.05) is 17.6 Å². The minimum Gasteiger partial charge on any atom is -0.540 e. The van der Waals surface area contributed by atoms with Gasteiger partial charge in [0, 0.05) is 18.9 Å². The van der Waals surface area contributed by atoms with Crippen molar-refractivity contribution in [1.82, 2.24) is 19.9 Å². The Kier molecular flexibility index (Phi) is 10.7. The second kappa shape index (κ2) is 13.3. The topological polar surface area (TPSA) is 136 Å². The van der Waals surface area contributed by atoms with Crippen LogP contribution < -0.4 is 10.1 Å². The molecule has 1 atom stereocenters. The number of fused-ring (bicyclic) bond motifs is 1. The van der Waals surface area contributed by atoms with Gasteiger partial charge in [0.1, 0.15) is 23.5 Å². The van der Waals surface area contributed by atoms with E-state index >= 15 is 0 Å². The standard InChI is InChI=1S/C22H25ClN6O4.Mn/c1-3-24-20-19-16(22(32)28-21(19)27-13-26-20)10-25-14-5-6-17(23)18(9-14)33-8-4-7-29(2)15(11-30)12-31;/h5-6,9-10,13,15,30,32H,1,3-4,7-8,11H2,2H3,(H2,24,26,27,28);/q-2;+2/t15-;/m1./s1. The van der Waals surface area contributed by atoms with E-state index in [9.17, 15) is 9.90 Å². The number of H-pyrrole nitrogens is 1. The summed E-state index contributed by atoms with van der Waals surface area (Å²) in [6.45, 7) is 4.79. The van der Waals surface area contributed by atoms with Gasteiger partial charge >= 0.3 is 17.1 Å². The van der Waals surface area contributed by atoms with Crippen molar-refractivity contribution < 1.29 is 36.8 Å². The molecule has 3 rings (SSSR count). The summed E-state index contributed by atoms with van der Waals surface area (Å²) in [6.07, 6.45) is 5.31. The molecule has 0 bridgehead atoms. The van der Waals surface area contributed by atoms with Gasteiger partial charge in [0.2, 0.25) is 0 Å². The van der Waals surface area contributed by atoms with Gasteiger partial charge in [0.15, 0.2) is 5.88 Å². The molecule has 3 aromatic rings. The summed E-state index contributed by atoms with van der Waals surface area (Å²) >= 11 is 6.24. The molecule has 181 valence electrons. The predicted octanol–water partition coefficient (Wildman–Crippen LogP) is 2.48. The molecule has 4 N–H and O–H groups in total. The summed E-state index contributed by atoms with van der Waals surface area (Å²) in [5.41, 5.74) is 1.48. The van der Waals surface area contributed by atoms with Crippen LogP contribution in [0.2, 0.25) is 5.02 Å². The number of aliphatic imine (C=N–C) groups is 1. The number of likely N-dealkylation sites (N-methyl/N-ethyl adjacent to an activating group) is 1. The Morgan fingerprint density at radius 1 is 1.44 bits per heavy atom. The van der Waals surface area contributed by atoms with Crippen molar-refractivity contribution in [3.8, 4) is 11.6 Å². The van der Waals surface area contributed by atoms with E-state index in [0.29, 0.717) is 65.0 Å². The summed E-state index contributed by atoms with van der Waals surface area (Å²) in [6, 6.07) is 4.44. The van der Waals surface area contributed by atoms with E-state index < -0.39 is 6.04 Å². The summed E-state index contributed by atoms with van der Waals surface area (Å²) in [5.74, 6) is 0.916. The van der Waals surface area contributed by atoms with E-state index in [0.717, 1.165) is 0 Å². The Balaban J connectivity index is 0.00000408. The number of carbonyl (C=O) groups excluding carboxylic acids is 1. The van der Waals surface area contributed by atoms with E-state index in [2.05, 4.69) is 32.2 Å². The number of aliphatic hydroxyl groups is 1. The van der Waals surface area contributed by atoms with Crippen LogP contribution in [0.5, 0.6) is 11.6 Å². The molecular formula is C22H25ClMnN6O4. The third kappa shape index (κ3) is 6.68. The molecule has 1 aromatic carbocycles. The van der Waals surface area contributed by atoms with Crippen LogP contribution in [0.15, 0.2) is 29.5 Å². The predicted molar refractivity (Wildman–Crippen MR) is 127 cm³/mol.